The molecular formula is C22H23N5O5. The lowest BCUT2D eigenvalue weighted by molar-refractivity contribution is 0.0704. The fraction of sp³-hybridized carbons (Fsp3) is 0.364. The van der Waals surface area contributed by atoms with Gasteiger partial charge in [0, 0.05) is 38.7 Å². The van der Waals surface area contributed by atoms with Crippen LogP contribution in [-0.2, 0) is 14.1 Å². The minimum Gasteiger partial charge on any atom is -0.496 e. The Balaban J connectivity index is 1.47. The second-order valence-electron chi connectivity index (χ2n) is 8.13. The van der Waals surface area contributed by atoms with Crippen LogP contribution in [0.25, 0.3) is 22.1 Å². The van der Waals surface area contributed by atoms with E-state index >= 15 is 0 Å². The highest BCUT2D eigenvalue weighted by molar-refractivity contribution is 5.99. The number of H-pyrrole nitrogens is 1. The van der Waals surface area contributed by atoms with E-state index in [1.54, 1.807) is 43.5 Å². The number of likely N-dealkylation sites (tertiary alicyclic amines) is 1. The van der Waals surface area contributed by atoms with Gasteiger partial charge in [0.05, 0.1) is 18.8 Å². The van der Waals surface area contributed by atoms with Crippen molar-refractivity contribution in [2.75, 3.05) is 20.2 Å². The Bertz CT molecular complexity index is 1470. The number of nitrogens with one attached hydrogen (secondary N) is 1. The van der Waals surface area contributed by atoms with Crippen molar-refractivity contribution in [2.24, 2.45) is 14.1 Å². The topological polar surface area (TPSA) is 115 Å². The first-order valence-electron chi connectivity index (χ1n) is 10.4. The Kier molecular flexibility index (Phi) is 4.65. The van der Waals surface area contributed by atoms with Crippen molar-refractivity contribution in [3.8, 4) is 5.75 Å². The van der Waals surface area contributed by atoms with Crippen LogP contribution in [0.3, 0.4) is 0 Å². The first kappa shape index (κ1) is 20.1. The van der Waals surface area contributed by atoms with Crippen molar-refractivity contribution in [3.05, 3.63) is 56.7 Å². The second-order valence-corrected chi connectivity index (χ2v) is 8.13. The molecule has 1 N–H and O–H groups in total. The molecule has 0 saturated carbocycles. The van der Waals surface area contributed by atoms with E-state index in [2.05, 4.69) is 9.97 Å². The number of aryl methyl sites for hydroxylation is 1. The molecule has 1 unspecified atom stereocenters. The average molecular weight is 437 g/mol. The summed E-state index contributed by atoms with van der Waals surface area (Å²) in [6, 6.07) is 5.26. The van der Waals surface area contributed by atoms with Gasteiger partial charge in [-0.3, -0.25) is 18.7 Å². The van der Waals surface area contributed by atoms with Crippen molar-refractivity contribution in [3.63, 3.8) is 0 Å². The molecule has 5 rings (SSSR count). The lowest BCUT2D eigenvalue weighted by atomic mass is 9.96. The van der Waals surface area contributed by atoms with Crippen LogP contribution in [0.2, 0.25) is 0 Å². The van der Waals surface area contributed by atoms with Gasteiger partial charge in [0.1, 0.15) is 22.7 Å². The predicted octanol–water partition coefficient (Wildman–Crippen LogP) is 1.73. The molecule has 32 heavy (non-hydrogen) atoms. The van der Waals surface area contributed by atoms with Crippen molar-refractivity contribution < 1.29 is 13.9 Å². The number of fused-ring (bicyclic) bond motifs is 2. The van der Waals surface area contributed by atoms with Crippen LogP contribution < -0.4 is 16.0 Å². The zero-order chi connectivity index (χ0) is 22.6. The largest absolute Gasteiger partial charge is 0.496 e. The quantitative estimate of drug-likeness (QED) is 0.522. The molecule has 166 valence electrons. The second kappa shape index (κ2) is 7.40. The van der Waals surface area contributed by atoms with Crippen LogP contribution in [0.15, 0.2) is 38.5 Å². The van der Waals surface area contributed by atoms with Crippen molar-refractivity contribution in [2.45, 2.75) is 18.8 Å². The van der Waals surface area contributed by atoms with Crippen molar-refractivity contribution in [1.82, 2.24) is 24.0 Å². The van der Waals surface area contributed by atoms with E-state index in [1.807, 2.05) is 0 Å². The Morgan fingerprint density at radius 3 is 2.84 bits per heavy atom. The van der Waals surface area contributed by atoms with Crippen LogP contribution in [0, 0.1) is 0 Å². The molecule has 10 heteroatoms. The monoisotopic (exact) mass is 437 g/mol. The first-order chi connectivity index (χ1) is 15.4. The Labute approximate surface area is 182 Å². The molecule has 4 aromatic rings. The van der Waals surface area contributed by atoms with E-state index < -0.39 is 11.2 Å². The molecule has 0 spiro atoms. The number of benzene rings is 1. The van der Waals surface area contributed by atoms with Gasteiger partial charge in [0.2, 0.25) is 0 Å². The fourth-order valence-electron chi connectivity index (χ4n) is 4.44. The zero-order valence-electron chi connectivity index (χ0n) is 18.0. The third-order valence-corrected chi connectivity index (χ3v) is 6.21. The highest BCUT2D eigenvalue weighted by Crippen LogP contribution is 2.31. The molecule has 1 saturated heterocycles. The third kappa shape index (κ3) is 3.02. The maximum Gasteiger partial charge on any atom is 0.332 e. The van der Waals surface area contributed by atoms with Crippen LogP contribution in [0.5, 0.6) is 5.75 Å². The van der Waals surface area contributed by atoms with E-state index in [9.17, 15) is 14.4 Å². The van der Waals surface area contributed by atoms with E-state index in [0.717, 1.165) is 22.8 Å². The highest BCUT2D eigenvalue weighted by atomic mass is 16.5. The summed E-state index contributed by atoms with van der Waals surface area (Å²) in [6.45, 7) is 1.07. The summed E-state index contributed by atoms with van der Waals surface area (Å²) in [5, 5.41) is 0.815. The van der Waals surface area contributed by atoms with E-state index in [4.69, 9.17) is 9.15 Å². The summed E-state index contributed by atoms with van der Waals surface area (Å²) in [7, 11) is 4.59. The number of carbonyl (C=O) groups excluding carboxylic acids is 1. The molecule has 0 bridgehead atoms. The highest BCUT2D eigenvalue weighted by Gasteiger charge is 2.29. The molecule has 1 aliphatic rings. The molecule has 1 amide bonds. The van der Waals surface area contributed by atoms with Gasteiger partial charge in [-0.25, -0.2) is 9.78 Å². The Hall–Kier alpha value is -3.82. The third-order valence-electron chi connectivity index (χ3n) is 6.21. The summed E-state index contributed by atoms with van der Waals surface area (Å²) >= 11 is 0. The summed E-state index contributed by atoms with van der Waals surface area (Å²) in [6.07, 6.45) is 3.18. The Morgan fingerprint density at radius 1 is 1.25 bits per heavy atom. The van der Waals surface area contributed by atoms with Gasteiger partial charge in [-0.2, -0.15) is 0 Å². The molecule has 10 nitrogen and oxygen atoms in total. The maximum atomic E-state index is 13.3. The van der Waals surface area contributed by atoms with E-state index in [-0.39, 0.29) is 11.8 Å². The van der Waals surface area contributed by atoms with Gasteiger partial charge in [0.25, 0.3) is 11.5 Å². The lowest BCUT2D eigenvalue weighted by Gasteiger charge is -2.32. The lowest BCUT2D eigenvalue weighted by Crippen LogP contribution is -2.39. The zero-order valence-corrected chi connectivity index (χ0v) is 18.0. The van der Waals surface area contributed by atoms with Gasteiger partial charge >= 0.3 is 5.69 Å². The summed E-state index contributed by atoms with van der Waals surface area (Å²) in [4.78, 5) is 47.4. The number of carbonyl (C=O) groups is 1. The number of rotatable bonds is 3. The number of amides is 1. The molecule has 3 aromatic heterocycles. The number of ether oxygens (including phenoxy) is 1. The number of imidazole rings is 1. The summed E-state index contributed by atoms with van der Waals surface area (Å²) in [5.74, 6) is 0.997. The molecule has 0 radical (unpaired) electrons. The molecule has 1 aromatic carbocycles. The van der Waals surface area contributed by atoms with Crippen molar-refractivity contribution in [1.29, 1.82) is 0 Å². The standard InChI is InChI=1S/C22H23N5O5/c1-25-19-17(21(29)26(2)22(25)30)23-18(24-19)12-5-4-7-27(11-12)20(28)13-9-15(31-3)14-6-8-32-16(14)10-13/h6,8-10,12H,4-5,7,11H2,1-3H3,(H,23,24). The number of methoxy groups -OCH3 is 1. The number of furan rings is 1. The number of hydrogen-bond donors (Lipinski definition) is 1. The normalized spacial score (nSPS) is 16.7. The molecule has 4 heterocycles. The SMILES string of the molecule is COc1cc(C(=O)N2CCCC(c3nc4c([nH]3)c(=O)n(C)c(=O)n4C)C2)cc2occc12. The van der Waals surface area contributed by atoms with E-state index in [0.29, 0.717) is 47.0 Å². The summed E-state index contributed by atoms with van der Waals surface area (Å²) < 4.78 is 13.3. The van der Waals surface area contributed by atoms with Crippen LogP contribution in [-0.4, -0.2) is 50.1 Å². The van der Waals surface area contributed by atoms with Gasteiger partial charge in [0.15, 0.2) is 5.65 Å². The molecule has 1 aliphatic heterocycles. The molecule has 1 fully saturated rings. The summed E-state index contributed by atoms with van der Waals surface area (Å²) in [5.41, 5.74) is 0.861. The molecular weight excluding hydrogens is 414 g/mol. The number of hydrogen-bond acceptors (Lipinski definition) is 6. The van der Waals surface area contributed by atoms with Gasteiger partial charge in [-0.05, 0) is 31.0 Å². The van der Waals surface area contributed by atoms with Crippen LogP contribution in [0.4, 0.5) is 0 Å². The fourth-order valence-corrected chi connectivity index (χ4v) is 4.44. The van der Waals surface area contributed by atoms with Gasteiger partial charge < -0.3 is 19.0 Å². The van der Waals surface area contributed by atoms with Crippen LogP contribution >= 0.6 is 0 Å². The maximum absolute atomic E-state index is 13.3. The number of nitrogens with zero attached hydrogens (tertiary/aromatic N) is 4. The van der Waals surface area contributed by atoms with Gasteiger partial charge in [-0.1, -0.05) is 0 Å². The smallest absolute Gasteiger partial charge is 0.332 e. The van der Waals surface area contributed by atoms with Gasteiger partial charge in [-0.15, -0.1) is 0 Å². The predicted molar refractivity (Wildman–Crippen MR) is 117 cm³/mol. The number of piperidine rings is 1. The minimum atomic E-state index is -0.428. The van der Waals surface area contributed by atoms with Crippen LogP contribution in [0.1, 0.15) is 34.9 Å². The van der Waals surface area contributed by atoms with Crippen molar-refractivity contribution >= 4 is 28.0 Å². The number of aromatic nitrogens is 4. The minimum absolute atomic E-state index is 0.0749. The van der Waals surface area contributed by atoms with E-state index in [1.165, 1.54) is 11.6 Å². The first-order valence-corrected chi connectivity index (χ1v) is 10.4. The Morgan fingerprint density at radius 2 is 2.06 bits per heavy atom. The number of aromatic amines is 1. The average Bonchev–Trinajstić information content (AvgIpc) is 3.48. The molecule has 1 atom stereocenters. The molecule has 0 aliphatic carbocycles.